The number of alkyl halides is 7. The lowest BCUT2D eigenvalue weighted by Gasteiger charge is -2.27. The van der Waals surface area contributed by atoms with Crippen LogP contribution in [0.5, 0.6) is 0 Å². The van der Waals surface area contributed by atoms with Crippen LogP contribution < -0.4 is 0 Å². The molecule has 1 unspecified atom stereocenters. The van der Waals surface area contributed by atoms with Gasteiger partial charge >= 0.3 is 24.0 Å². The molecule has 0 saturated carbocycles. The number of carbonyl (C=O) groups excluding carboxylic acids is 1. The van der Waals surface area contributed by atoms with E-state index in [0.29, 0.717) is 19.3 Å². The number of hydrogen-bond donors (Lipinski definition) is 0. The van der Waals surface area contributed by atoms with Gasteiger partial charge in [0, 0.05) is 0 Å². The summed E-state index contributed by atoms with van der Waals surface area (Å²) >= 11 is 0. The minimum Gasteiger partial charge on any atom is -0.461 e. The van der Waals surface area contributed by atoms with Crippen molar-refractivity contribution in [1.29, 1.82) is 0 Å². The maximum absolute atomic E-state index is 13.0. The molecule has 21 heavy (non-hydrogen) atoms. The molecule has 0 aromatic carbocycles. The molecule has 0 heterocycles. The Balaban J connectivity index is 4.77. The summed E-state index contributed by atoms with van der Waals surface area (Å²) in [6.45, 7) is 2.91. The average molecular weight is 326 g/mol. The zero-order valence-electron chi connectivity index (χ0n) is 11.6. The quantitative estimate of drug-likeness (QED) is 0.482. The molecule has 2 nitrogen and oxygen atoms in total. The Morgan fingerprint density at radius 1 is 1.05 bits per heavy atom. The van der Waals surface area contributed by atoms with Gasteiger partial charge in [-0.15, -0.1) is 0 Å². The lowest BCUT2D eigenvalue weighted by molar-refractivity contribution is -0.348. The summed E-state index contributed by atoms with van der Waals surface area (Å²) in [5, 5.41) is 0. The number of esters is 1. The van der Waals surface area contributed by atoms with Gasteiger partial charge in [-0.3, -0.25) is 0 Å². The number of hydrogen-bond acceptors (Lipinski definition) is 2. The van der Waals surface area contributed by atoms with Gasteiger partial charge in [-0.1, -0.05) is 33.1 Å². The summed E-state index contributed by atoms with van der Waals surface area (Å²) in [7, 11) is 0. The standard InChI is InChI=1S/C12H17F7O2/c1-3-5-6-8(4-2)7-21-9(20)10(13,14)11(15,16)12(17,18)19/h8H,3-7H2,1-2H3. The summed E-state index contributed by atoms with van der Waals surface area (Å²) in [5.74, 6) is -15.6. The van der Waals surface area contributed by atoms with E-state index in [-0.39, 0.29) is 5.92 Å². The normalized spacial score (nSPS) is 14.9. The Hall–Kier alpha value is -1.02. The first-order valence-corrected chi connectivity index (χ1v) is 6.41. The number of rotatable bonds is 8. The molecular formula is C12H17F7O2. The maximum atomic E-state index is 13.0. The molecule has 0 amide bonds. The van der Waals surface area contributed by atoms with E-state index in [1.54, 1.807) is 6.92 Å². The fourth-order valence-corrected chi connectivity index (χ4v) is 1.49. The molecular weight excluding hydrogens is 309 g/mol. The zero-order chi connectivity index (χ0) is 16.9. The predicted octanol–water partition coefficient (Wildman–Crippen LogP) is 4.58. The number of unbranched alkanes of at least 4 members (excludes halogenated alkanes) is 1. The molecule has 0 bridgehead atoms. The Bertz CT molecular complexity index is 339. The van der Waals surface area contributed by atoms with Crippen molar-refractivity contribution in [3.63, 3.8) is 0 Å². The Morgan fingerprint density at radius 2 is 1.57 bits per heavy atom. The molecule has 0 aliphatic heterocycles. The van der Waals surface area contributed by atoms with E-state index >= 15 is 0 Å². The molecule has 0 radical (unpaired) electrons. The minimum atomic E-state index is -6.54. The van der Waals surface area contributed by atoms with Crippen LogP contribution in [0.3, 0.4) is 0 Å². The van der Waals surface area contributed by atoms with Crippen molar-refractivity contribution in [3.05, 3.63) is 0 Å². The van der Waals surface area contributed by atoms with Crippen LogP contribution in [0.15, 0.2) is 0 Å². The molecule has 126 valence electrons. The molecule has 9 heteroatoms. The molecule has 0 rings (SSSR count). The second-order valence-electron chi connectivity index (χ2n) is 4.66. The van der Waals surface area contributed by atoms with E-state index in [9.17, 15) is 35.5 Å². The van der Waals surface area contributed by atoms with E-state index < -0.39 is 30.6 Å². The van der Waals surface area contributed by atoms with Crippen LogP contribution in [0.2, 0.25) is 0 Å². The van der Waals surface area contributed by atoms with Crippen molar-refractivity contribution in [2.45, 2.75) is 57.6 Å². The lowest BCUT2D eigenvalue weighted by Crippen LogP contribution is -2.56. The molecule has 0 aromatic heterocycles. The van der Waals surface area contributed by atoms with Crippen LogP contribution in [-0.2, 0) is 9.53 Å². The van der Waals surface area contributed by atoms with Crippen molar-refractivity contribution in [2.24, 2.45) is 5.92 Å². The van der Waals surface area contributed by atoms with Gasteiger partial charge in [0.1, 0.15) is 0 Å². The van der Waals surface area contributed by atoms with Crippen LogP contribution in [-0.4, -0.2) is 30.6 Å². The average Bonchev–Trinajstić information content (AvgIpc) is 2.37. The number of carbonyl (C=O) groups is 1. The van der Waals surface area contributed by atoms with E-state index in [0.717, 1.165) is 6.42 Å². The molecule has 0 aliphatic carbocycles. The summed E-state index contributed by atoms with van der Waals surface area (Å²) in [5.41, 5.74) is 0. The van der Waals surface area contributed by atoms with Crippen molar-refractivity contribution in [2.75, 3.05) is 6.61 Å². The van der Waals surface area contributed by atoms with E-state index in [1.807, 2.05) is 6.92 Å². The molecule has 0 spiro atoms. The van der Waals surface area contributed by atoms with Crippen molar-refractivity contribution >= 4 is 5.97 Å². The zero-order valence-corrected chi connectivity index (χ0v) is 11.6. The molecule has 1 atom stereocenters. The summed E-state index contributed by atoms with van der Waals surface area (Å²) in [6, 6.07) is 0. The maximum Gasteiger partial charge on any atom is 0.460 e. The van der Waals surface area contributed by atoms with Crippen LogP contribution in [0, 0.1) is 5.92 Å². The first-order valence-electron chi connectivity index (χ1n) is 6.41. The van der Waals surface area contributed by atoms with Crippen molar-refractivity contribution in [1.82, 2.24) is 0 Å². The molecule has 0 aromatic rings. The topological polar surface area (TPSA) is 26.3 Å². The van der Waals surface area contributed by atoms with E-state index in [1.165, 1.54) is 0 Å². The first kappa shape index (κ1) is 20.0. The van der Waals surface area contributed by atoms with Crippen molar-refractivity contribution in [3.8, 4) is 0 Å². The van der Waals surface area contributed by atoms with Gasteiger partial charge in [0.25, 0.3) is 0 Å². The Kier molecular flexibility index (Phi) is 6.95. The predicted molar refractivity (Wildman–Crippen MR) is 60.2 cm³/mol. The summed E-state index contributed by atoms with van der Waals surface area (Å²) in [4.78, 5) is 10.9. The largest absolute Gasteiger partial charge is 0.461 e. The first-order chi connectivity index (χ1) is 9.41. The van der Waals surface area contributed by atoms with Gasteiger partial charge in [0.05, 0.1) is 6.61 Å². The minimum absolute atomic E-state index is 0.357. The van der Waals surface area contributed by atoms with Crippen LogP contribution in [0.25, 0.3) is 0 Å². The monoisotopic (exact) mass is 326 g/mol. The van der Waals surface area contributed by atoms with E-state index in [4.69, 9.17) is 0 Å². The van der Waals surface area contributed by atoms with Gasteiger partial charge in [-0.2, -0.15) is 30.7 Å². The van der Waals surface area contributed by atoms with Gasteiger partial charge in [-0.25, -0.2) is 4.79 Å². The fourth-order valence-electron chi connectivity index (χ4n) is 1.49. The molecule has 0 N–H and O–H groups in total. The van der Waals surface area contributed by atoms with Gasteiger partial charge < -0.3 is 4.74 Å². The third-order valence-electron chi connectivity index (χ3n) is 3.00. The highest BCUT2D eigenvalue weighted by Gasteiger charge is 2.77. The second-order valence-corrected chi connectivity index (χ2v) is 4.66. The third kappa shape index (κ3) is 4.74. The molecule has 0 fully saturated rings. The molecule has 0 saturated heterocycles. The van der Waals surface area contributed by atoms with Gasteiger partial charge in [0.2, 0.25) is 0 Å². The highest BCUT2D eigenvalue weighted by Crippen LogP contribution is 2.47. The fraction of sp³-hybridized carbons (Fsp3) is 0.917. The Labute approximate surface area is 117 Å². The second kappa shape index (κ2) is 7.31. The van der Waals surface area contributed by atoms with Gasteiger partial charge in [0.15, 0.2) is 0 Å². The molecule has 0 aliphatic rings. The van der Waals surface area contributed by atoms with Crippen LogP contribution in [0.4, 0.5) is 30.7 Å². The third-order valence-corrected chi connectivity index (χ3v) is 3.00. The summed E-state index contributed by atoms with van der Waals surface area (Å²) in [6.07, 6.45) is -4.13. The number of ether oxygens (including phenoxy) is 1. The van der Waals surface area contributed by atoms with Crippen LogP contribution >= 0.6 is 0 Å². The smallest absolute Gasteiger partial charge is 0.460 e. The van der Waals surface area contributed by atoms with Gasteiger partial charge in [-0.05, 0) is 12.3 Å². The van der Waals surface area contributed by atoms with E-state index in [2.05, 4.69) is 4.74 Å². The number of halogens is 7. The highest BCUT2D eigenvalue weighted by molar-refractivity contribution is 5.79. The highest BCUT2D eigenvalue weighted by atomic mass is 19.4. The van der Waals surface area contributed by atoms with Crippen LogP contribution in [0.1, 0.15) is 39.5 Å². The summed E-state index contributed by atoms with van der Waals surface area (Å²) < 4.78 is 90.7. The SMILES string of the molecule is CCCCC(CC)COC(=O)C(F)(F)C(F)(F)C(F)(F)F. The van der Waals surface area contributed by atoms with Crippen molar-refractivity contribution < 1.29 is 40.3 Å². The Morgan fingerprint density at radius 3 is 1.95 bits per heavy atom. The lowest BCUT2D eigenvalue weighted by atomic mass is 10.0.